The molecule has 2 aliphatic heterocycles. The lowest BCUT2D eigenvalue weighted by atomic mass is 9.96. The van der Waals surface area contributed by atoms with Crippen molar-refractivity contribution in [2.24, 2.45) is 5.10 Å². The molecule has 0 bridgehead atoms. The minimum atomic E-state index is -0.808. The minimum absolute atomic E-state index is 0.0608. The van der Waals surface area contributed by atoms with Gasteiger partial charge >= 0.3 is 0 Å². The third kappa shape index (κ3) is 3.63. The van der Waals surface area contributed by atoms with Gasteiger partial charge in [-0.25, -0.2) is 5.01 Å². The monoisotopic (exact) mass is 588 g/mol. The summed E-state index contributed by atoms with van der Waals surface area (Å²) in [5.74, 6) is 0.615. The molecule has 2 unspecified atom stereocenters. The molecule has 4 nitrogen and oxygen atoms in total. The highest BCUT2D eigenvalue weighted by Gasteiger charge is 2.43. The topological polar surface area (TPSA) is 41.9 Å². The number of benzene rings is 3. The fourth-order valence-electron chi connectivity index (χ4n) is 3.80. The lowest BCUT2D eigenvalue weighted by Gasteiger charge is -2.37. The lowest BCUT2D eigenvalue weighted by Crippen LogP contribution is -2.45. The highest BCUT2D eigenvalue weighted by Crippen LogP contribution is 2.44. The van der Waals surface area contributed by atoms with E-state index >= 15 is 0 Å². The van der Waals surface area contributed by atoms with Crippen molar-refractivity contribution in [2.45, 2.75) is 18.7 Å². The molecular weight excluding hydrogens is 576 g/mol. The average Bonchev–Trinajstić information content (AvgIpc) is 3.19. The Labute approximate surface area is 199 Å². The van der Waals surface area contributed by atoms with E-state index in [4.69, 9.17) is 9.84 Å². The number of carbonyl (C=O) groups excluding carboxylic acids is 1. The van der Waals surface area contributed by atoms with Crippen molar-refractivity contribution < 1.29 is 9.53 Å². The third-order valence-electron chi connectivity index (χ3n) is 5.28. The smallest absolute Gasteiger partial charge is 0.251 e. The molecule has 0 amide bonds. The van der Waals surface area contributed by atoms with Crippen LogP contribution in [0.15, 0.2) is 85.2 Å². The molecule has 2 atom stereocenters. The van der Waals surface area contributed by atoms with Gasteiger partial charge in [0.15, 0.2) is 0 Å². The lowest BCUT2D eigenvalue weighted by molar-refractivity contribution is -0.00459. The Balaban J connectivity index is 1.57. The maximum atomic E-state index is 13.4. The first-order chi connectivity index (χ1) is 14.5. The summed E-state index contributed by atoms with van der Waals surface area (Å²) < 4.78 is 9.09. The molecule has 0 N–H and O–H groups in total. The molecular formula is C23H15Br3N2O2. The second-order valence-corrected chi connectivity index (χ2v) is 9.92. The molecule has 0 aliphatic carbocycles. The molecule has 7 heteroatoms. The molecule has 2 heterocycles. The molecule has 0 fully saturated rings. The number of carbonyl (C=O) groups is 1. The summed E-state index contributed by atoms with van der Waals surface area (Å²) in [6, 6.07) is 21.2. The molecule has 30 heavy (non-hydrogen) atoms. The number of fused-ring (bicyclic) bond motifs is 3. The van der Waals surface area contributed by atoms with Gasteiger partial charge in [0.1, 0.15) is 5.75 Å². The van der Waals surface area contributed by atoms with Gasteiger partial charge in [-0.1, -0.05) is 72.1 Å². The van der Waals surface area contributed by atoms with E-state index in [1.165, 1.54) is 0 Å². The van der Waals surface area contributed by atoms with Crippen molar-refractivity contribution in [2.75, 3.05) is 0 Å². The normalized spacial score (nSPS) is 19.6. The fourth-order valence-corrected chi connectivity index (χ4v) is 4.71. The van der Waals surface area contributed by atoms with E-state index in [0.29, 0.717) is 12.0 Å². The number of ketones is 1. The Morgan fingerprint density at radius 3 is 2.23 bits per heavy atom. The van der Waals surface area contributed by atoms with Crippen LogP contribution in [0.1, 0.15) is 33.9 Å². The standard InChI is InChI=1S/C23H15Br3N2O2/c24-15-5-1-13(2-6-15)19-12-20-18-11-17(26)9-10-21(18)30-23(28(20)27-19)22(29)14-3-7-16(25)8-4-14/h1-11,20,23H,12H2. The van der Waals surface area contributed by atoms with Gasteiger partial charge in [-0.05, 0) is 48.0 Å². The molecule has 0 radical (unpaired) electrons. The highest BCUT2D eigenvalue weighted by atomic mass is 79.9. The van der Waals surface area contributed by atoms with Crippen LogP contribution >= 0.6 is 47.8 Å². The van der Waals surface area contributed by atoms with Crippen molar-refractivity contribution in [1.29, 1.82) is 0 Å². The quantitative estimate of drug-likeness (QED) is 0.318. The van der Waals surface area contributed by atoms with Gasteiger partial charge in [-0.3, -0.25) is 4.79 Å². The summed E-state index contributed by atoms with van der Waals surface area (Å²) in [6.45, 7) is 0. The molecule has 5 rings (SSSR count). The van der Waals surface area contributed by atoms with Gasteiger partial charge in [0.2, 0.25) is 5.78 Å². The maximum Gasteiger partial charge on any atom is 0.251 e. The maximum absolute atomic E-state index is 13.4. The number of hydrazone groups is 1. The van der Waals surface area contributed by atoms with Crippen LogP contribution in [0.5, 0.6) is 5.75 Å². The molecule has 0 spiro atoms. The SMILES string of the molecule is O=C(c1ccc(Br)cc1)C1Oc2ccc(Br)cc2C2CC(c3ccc(Br)cc3)=NN12. The first-order valence-corrected chi connectivity index (χ1v) is 11.7. The van der Waals surface area contributed by atoms with Crippen LogP contribution in [0.25, 0.3) is 0 Å². The van der Waals surface area contributed by atoms with Crippen LogP contribution < -0.4 is 4.74 Å². The van der Waals surface area contributed by atoms with Gasteiger partial charge in [0.05, 0.1) is 11.8 Å². The first kappa shape index (κ1) is 20.0. The van der Waals surface area contributed by atoms with Gasteiger partial charge in [0, 0.05) is 31.0 Å². The number of hydrogen-bond donors (Lipinski definition) is 0. The molecule has 0 saturated carbocycles. The highest BCUT2D eigenvalue weighted by molar-refractivity contribution is 9.11. The number of ether oxygens (including phenoxy) is 1. The van der Waals surface area contributed by atoms with Crippen molar-refractivity contribution in [1.82, 2.24) is 5.01 Å². The summed E-state index contributed by atoms with van der Waals surface area (Å²) in [5, 5.41) is 6.66. The zero-order valence-corrected chi connectivity index (χ0v) is 20.3. The van der Waals surface area contributed by atoms with Crippen LogP contribution in [0.4, 0.5) is 0 Å². The van der Waals surface area contributed by atoms with Crippen molar-refractivity contribution in [3.05, 3.63) is 96.8 Å². The van der Waals surface area contributed by atoms with E-state index in [9.17, 15) is 4.79 Å². The predicted molar refractivity (Wildman–Crippen MR) is 127 cm³/mol. The molecule has 0 aromatic heterocycles. The number of nitrogens with zero attached hydrogens (tertiary/aromatic N) is 2. The number of halogens is 3. The number of hydrogen-bond acceptors (Lipinski definition) is 4. The molecule has 150 valence electrons. The van der Waals surface area contributed by atoms with Gasteiger partial charge in [-0.15, -0.1) is 0 Å². The minimum Gasteiger partial charge on any atom is -0.461 e. The summed E-state index contributed by atoms with van der Waals surface area (Å²) in [5.41, 5.74) is 3.60. The third-order valence-corrected chi connectivity index (χ3v) is 6.83. The van der Waals surface area contributed by atoms with E-state index in [2.05, 4.69) is 47.8 Å². The molecule has 2 aliphatic rings. The van der Waals surface area contributed by atoms with E-state index in [0.717, 1.165) is 36.0 Å². The van der Waals surface area contributed by atoms with Gasteiger partial charge < -0.3 is 4.74 Å². The number of Topliss-reactive ketones (excluding diaryl/α,β-unsaturated/α-hetero) is 1. The Kier molecular flexibility index (Phi) is 5.29. The Hall–Kier alpha value is -1.96. The zero-order chi connectivity index (χ0) is 20.8. The predicted octanol–water partition coefficient (Wildman–Crippen LogP) is 6.73. The van der Waals surface area contributed by atoms with Crippen molar-refractivity contribution in [3.8, 4) is 5.75 Å². The van der Waals surface area contributed by atoms with Crippen molar-refractivity contribution >= 4 is 59.3 Å². The van der Waals surface area contributed by atoms with Crippen LogP contribution in [0.3, 0.4) is 0 Å². The summed E-state index contributed by atoms with van der Waals surface area (Å²) in [7, 11) is 0. The van der Waals surface area contributed by atoms with Crippen LogP contribution in [-0.2, 0) is 0 Å². The average molecular weight is 591 g/mol. The summed E-state index contributed by atoms with van der Waals surface area (Å²) >= 11 is 10.5. The number of rotatable bonds is 3. The second-order valence-electron chi connectivity index (χ2n) is 7.18. The summed E-state index contributed by atoms with van der Waals surface area (Å²) in [6.07, 6.45) is -0.101. The fraction of sp³-hybridized carbons (Fsp3) is 0.130. The van der Waals surface area contributed by atoms with Crippen LogP contribution in [-0.4, -0.2) is 22.7 Å². The second kappa shape index (κ2) is 7.94. The first-order valence-electron chi connectivity index (χ1n) is 9.37. The van der Waals surface area contributed by atoms with Crippen molar-refractivity contribution in [3.63, 3.8) is 0 Å². The largest absolute Gasteiger partial charge is 0.461 e. The molecule has 3 aromatic rings. The van der Waals surface area contributed by atoms with E-state index in [1.807, 2.05) is 59.6 Å². The zero-order valence-electron chi connectivity index (χ0n) is 15.6. The Morgan fingerprint density at radius 2 is 1.53 bits per heavy atom. The Bertz CT molecular complexity index is 1160. The van der Waals surface area contributed by atoms with Crippen LogP contribution in [0, 0.1) is 0 Å². The van der Waals surface area contributed by atoms with Crippen LogP contribution in [0.2, 0.25) is 0 Å². The van der Waals surface area contributed by atoms with E-state index in [1.54, 1.807) is 12.1 Å². The summed E-state index contributed by atoms with van der Waals surface area (Å²) in [4.78, 5) is 13.4. The van der Waals surface area contributed by atoms with E-state index in [-0.39, 0.29) is 11.8 Å². The van der Waals surface area contributed by atoms with Gasteiger partial charge in [-0.2, -0.15) is 5.10 Å². The molecule has 3 aromatic carbocycles. The molecule has 0 saturated heterocycles. The van der Waals surface area contributed by atoms with Gasteiger partial charge in [0.25, 0.3) is 6.23 Å². The van der Waals surface area contributed by atoms with E-state index < -0.39 is 6.23 Å². The Morgan fingerprint density at radius 1 is 0.900 bits per heavy atom.